The first-order valence-electron chi connectivity index (χ1n) is 9.57. The largest absolute Gasteiger partial charge is 0.466 e. The summed E-state index contributed by atoms with van der Waals surface area (Å²) in [6.45, 7) is 2.63. The Balaban J connectivity index is 1.60. The van der Waals surface area contributed by atoms with Crippen molar-refractivity contribution < 1.29 is 22.7 Å². The van der Waals surface area contributed by atoms with Crippen molar-refractivity contribution in [1.82, 2.24) is 14.0 Å². The Kier molecular flexibility index (Phi) is 7.18. The molecular weight excluding hydrogens is 394 g/mol. The average Bonchev–Trinajstić information content (AvgIpc) is 2.74. The number of nitrogens with one attached hydrogen (secondary N) is 1. The molecule has 0 bridgehead atoms. The third-order valence-electron chi connectivity index (χ3n) is 4.57. The predicted molar refractivity (Wildman–Crippen MR) is 107 cm³/mol. The molecule has 1 N–H and O–H groups in total. The molecule has 0 spiro atoms. The molecule has 0 aliphatic carbocycles. The number of piperidine rings is 1. The number of carbonyl (C=O) groups is 1. The van der Waals surface area contributed by atoms with E-state index in [-0.39, 0.29) is 25.7 Å². The molecule has 1 aliphatic heterocycles. The van der Waals surface area contributed by atoms with Gasteiger partial charge in [-0.2, -0.15) is 17.4 Å². The second kappa shape index (κ2) is 9.82. The number of rotatable bonds is 8. The van der Waals surface area contributed by atoms with Gasteiger partial charge in [0.05, 0.1) is 12.5 Å². The molecule has 1 saturated heterocycles. The number of esters is 1. The predicted octanol–water partition coefficient (Wildman–Crippen LogP) is 2.48. The Morgan fingerprint density at radius 2 is 2.07 bits per heavy atom. The Labute approximate surface area is 171 Å². The molecule has 0 saturated carbocycles. The van der Waals surface area contributed by atoms with Crippen molar-refractivity contribution in [1.29, 1.82) is 0 Å². The number of carbonyl (C=O) groups excluding carboxylic acids is 1. The number of ether oxygens (including phenoxy) is 2. The van der Waals surface area contributed by atoms with Crippen molar-refractivity contribution >= 4 is 16.2 Å². The van der Waals surface area contributed by atoms with Crippen LogP contribution in [0.1, 0.15) is 25.3 Å². The summed E-state index contributed by atoms with van der Waals surface area (Å²) >= 11 is 0. The van der Waals surface area contributed by atoms with E-state index in [0.717, 1.165) is 0 Å². The standard InChI is InChI=1S/C20H25N3O5S/c1-2-27-20(24)17-7-6-12-23(15-17)29(25,26)22-14-16-10-11-21-19(13-16)28-18-8-4-3-5-9-18/h3-5,8-11,13,17,22H,2,6-7,12,14-15H2,1H3. The number of pyridine rings is 1. The maximum absolute atomic E-state index is 12.7. The fourth-order valence-electron chi connectivity index (χ4n) is 3.10. The number of aromatic nitrogens is 1. The minimum Gasteiger partial charge on any atom is -0.466 e. The van der Waals surface area contributed by atoms with Crippen LogP contribution in [0.15, 0.2) is 48.7 Å². The monoisotopic (exact) mass is 419 g/mol. The number of nitrogens with zero attached hydrogens (tertiary/aromatic N) is 2. The van der Waals surface area contributed by atoms with Crippen molar-refractivity contribution in [3.63, 3.8) is 0 Å². The van der Waals surface area contributed by atoms with Gasteiger partial charge in [0, 0.05) is 31.9 Å². The minimum atomic E-state index is -3.72. The van der Waals surface area contributed by atoms with Crippen molar-refractivity contribution in [2.24, 2.45) is 5.92 Å². The van der Waals surface area contributed by atoms with Crippen molar-refractivity contribution in [3.05, 3.63) is 54.2 Å². The van der Waals surface area contributed by atoms with Crippen LogP contribution >= 0.6 is 0 Å². The molecule has 3 rings (SSSR count). The SMILES string of the molecule is CCOC(=O)C1CCCN(S(=O)(=O)NCc2ccnc(Oc3ccccc3)c2)C1. The smallest absolute Gasteiger partial charge is 0.310 e. The van der Waals surface area contributed by atoms with Gasteiger partial charge in [-0.1, -0.05) is 18.2 Å². The van der Waals surface area contributed by atoms with Gasteiger partial charge in [-0.3, -0.25) is 4.79 Å². The molecule has 1 unspecified atom stereocenters. The first-order chi connectivity index (χ1) is 14.0. The van der Waals surface area contributed by atoms with E-state index in [1.54, 1.807) is 25.3 Å². The average molecular weight is 420 g/mol. The van der Waals surface area contributed by atoms with Gasteiger partial charge >= 0.3 is 5.97 Å². The Bertz CT molecular complexity index is 921. The third-order valence-corrected chi connectivity index (χ3v) is 6.09. The summed E-state index contributed by atoms with van der Waals surface area (Å²) < 4.78 is 40.0. The summed E-state index contributed by atoms with van der Waals surface area (Å²) in [5.74, 6) is 0.264. The highest BCUT2D eigenvalue weighted by atomic mass is 32.2. The van der Waals surface area contributed by atoms with Crippen LogP contribution in [0.5, 0.6) is 11.6 Å². The van der Waals surface area contributed by atoms with Gasteiger partial charge < -0.3 is 9.47 Å². The molecule has 156 valence electrons. The zero-order valence-corrected chi connectivity index (χ0v) is 17.1. The van der Waals surface area contributed by atoms with Crippen LogP contribution in [0.4, 0.5) is 0 Å². The van der Waals surface area contributed by atoms with E-state index in [2.05, 4.69) is 9.71 Å². The quantitative estimate of drug-likeness (QED) is 0.660. The summed E-state index contributed by atoms with van der Waals surface area (Å²) in [6, 6.07) is 12.6. The second-order valence-electron chi connectivity index (χ2n) is 6.69. The van der Waals surface area contributed by atoms with Gasteiger partial charge in [0.15, 0.2) is 0 Å². The van der Waals surface area contributed by atoms with E-state index in [0.29, 0.717) is 36.6 Å². The van der Waals surface area contributed by atoms with E-state index in [9.17, 15) is 13.2 Å². The molecule has 1 aromatic heterocycles. The zero-order valence-electron chi connectivity index (χ0n) is 16.3. The second-order valence-corrected chi connectivity index (χ2v) is 8.45. The first kappa shape index (κ1) is 21.2. The topological polar surface area (TPSA) is 97.8 Å². The van der Waals surface area contributed by atoms with Crippen LogP contribution in [0.2, 0.25) is 0 Å². The van der Waals surface area contributed by atoms with Gasteiger partial charge in [-0.05, 0) is 43.5 Å². The number of hydrogen-bond acceptors (Lipinski definition) is 6. The molecule has 2 heterocycles. The maximum Gasteiger partial charge on any atom is 0.310 e. The first-order valence-corrected chi connectivity index (χ1v) is 11.0. The van der Waals surface area contributed by atoms with Gasteiger partial charge in [0.25, 0.3) is 10.2 Å². The summed E-state index contributed by atoms with van der Waals surface area (Å²) in [6.07, 6.45) is 2.82. The molecule has 1 aromatic carbocycles. The Hall–Kier alpha value is -2.49. The van der Waals surface area contributed by atoms with Crippen molar-refractivity contribution in [2.45, 2.75) is 26.3 Å². The lowest BCUT2D eigenvalue weighted by Gasteiger charge is -2.30. The van der Waals surface area contributed by atoms with Gasteiger partial charge in [-0.25, -0.2) is 4.98 Å². The van der Waals surface area contributed by atoms with E-state index < -0.39 is 16.1 Å². The molecule has 8 nitrogen and oxygen atoms in total. The Morgan fingerprint density at radius 3 is 2.83 bits per heavy atom. The van der Waals surface area contributed by atoms with Gasteiger partial charge in [0.2, 0.25) is 5.88 Å². The summed E-state index contributed by atoms with van der Waals surface area (Å²) in [4.78, 5) is 16.1. The lowest BCUT2D eigenvalue weighted by atomic mass is 10.0. The van der Waals surface area contributed by atoms with Crippen LogP contribution in [0.3, 0.4) is 0 Å². The normalized spacial score (nSPS) is 17.6. The molecule has 9 heteroatoms. The number of benzene rings is 1. The highest BCUT2D eigenvalue weighted by Gasteiger charge is 2.32. The molecular formula is C20H25N3O5S. The lowest BCUT2D eigenvalue weighted by molar-refractivity contribution is -0.149. The number of hydrogen-bond donors (Lipinski definition) is 1. The van der Waals surface area contributed by atoms with Crippen LogP contribution in [0.25, 0.3) is 0 Å². The molecule has 0 radical (unpaired) electrons. The molecule has 1 fully saturated rings. The van der Waals surface area contributed by atoms with Crippen LogP contribution in [-0.2, 0) is 26.3 Å². The molecule has 1 aliphatic rings. The van der Waals surface area contributed by atoms with E-state index in [4.69, 9.17) is 9.47 Å². The third kappa shape index (κ3) is 5.99. The van der Waals surface area contributed by atoms with E-state index >= 15 is 0 Å². The van der Waals surface area contributed by atoms with E-state index in [1.165, 1.54) is 4.31 Å². The van der Waals surface area contributed by atoms with E-state index in [1.807, 2.05) is 30.3 Å². The van der Waals surface area contributed by atoms with Gasteiger partial charge in [-0.15, -0.1) is 0 Å². The highest BCUT2D eigenvalue weighted by molar-refractivity contribution is 7.87. The van der Waals surface area contributed by atoms with Gasteiger partial charge in [0.1, 0.15) is 5.75 Å². The summed E-state index contributed by atoms with van der Waals surface area (Å²) in [5, 5.41) is 0. The maximum atomic E-state index is 12.7. The Morgan fingerprint density at radius 1 is 1.28 bits per heavy atom. The molecule has 2 aromatic rings. The summed E-state index contributed by atoms with van der Waals surface area (Å²) in [5.41, 5.74) is 0.716. The zero-order chi connectivity index (χ0) is 20.7. The fourth-order valence-corrected chi connectivity index (χ4v) is 4.38. The van der Waals surface area contributed by atoms with Crippen molar-refractivity contribution in [3.8, 4) is 11.6 Å². The molecule has 0 amide bonds. The highest BCUT2D eigenvalue weighted by Crippen LogP contribution is 2.21. The molecule has 29 heavy (non-hydrogen) atoms. The minimum absolute atomic E-state index is 0.0938. The summed E-state index contributed by atoms with van der Waals surface area (Å²) in [7, 11) is -3.72. The number of para-hydroxylation sites is 1. The lowest BCUT2D eigenvalue weighted by Crippen LogP contribution is -2.47. The van der Waals surface area contributed by atoms with Crippen LogP contribution in [0, 0.1) is 5.92 Å². The fraction of sp³-hybridized carbons (Fsp3) is 0.400. The molecule has 1 atom stereocenters. The van der Waals surface area contributed by atoms with Crippen LogP contribution in [-0.4, -0.2) is 43.4 Å². The van der Waals surface area contributed by atoms with Crippen molar-refractivity contribution in [2.75, 3.05) is 19.7 Å². The van der Waals surface area contributed by atoms with Crippen LogP contribution < -0.4 is 9.46 Å².